The number of aliphatic hydroxyl groups is 2. The molecular weight excluding hydrogens is 270 g/mol. The van der Waals surface area contributed by atoms with Crippen molar-refractivity contribution in [2.45, 2.75) is 25.6 Å². The van der Waals surface area contributed by atoms with E-state index in [1.807, 2.05) is 37.3 Å². The standard InChI is InChI=1S/C16H27NO4/c1-14(15-6-3-2-4-7-15)21-13-16(19)12-17-8-5-10-20-11-9-18/h2-4,6-7,14,16-19H,5,8-13H2,1H3. The van der Waals surface area contributed by atoms with Crippen molar-refractivity contribution >= 4 is 0 Å². The zero-order chi connectivity index (χ0) is 15.3. The van der Waals surface area contributed by atoms with Crippen LogP contribution in [0.2, 0.25) is 0 Å². The smallest absolute Gasteiger partial charge is 0.0897 e. The van der Waals surface area contributed by atoms with E-state index in [1.54, 1.807) is 0 Å². The van der Waals surface area contributed by atoms with Gasteiger partial charge in [-0.05, 0) is 25.5 Å². The lowest BCUT2D eigenvalue weighted by Crippen LogP contribution is -2.31. The summed E-state index contributed by atoms with van der Waals surface area (Å²) in [5.74, 6) is 0. The summed E-state index contributed by atoms with van der Waals surface area (Å²) in [5, 5.41) is 21.5. The molecule has 0 aliphatic heterocycles. The van der Waals surface area contributed by atoms with Gasteiger partial charge in [0.2, 0.25) is 0 Å². The van der Waals surface area contributed by atoms with Gasteiger partial charge in [0, 0.05) is 13.2 Å². The van der Waals surface area contributed by atoms with Crippen molar-refractivity contribution < 1.29 is 19.7 Å². The van der Waals surface area contributed by atoms with Crippen molar-refractivity contribution in [2.75, 3.05) is 39.5 Å². The monoisotopic (exact) mass is 297 g/mol. The van der Waals surface area contributed by atoms with Crippen LogP contribution in [0.5, 0.6) is 0 Å². The van der Waals surface area contributed by atoms with Crippen LogP contribution in [0.4, 0.5) is 0 Å². The van der Waals surface area contributed by atoms with Crippen LogP contribution in [0.25, 0.3) is 0 Å². The Bertz CT molecular complexity index is 347. The van der Waals surface area contributed by atoms with Gasteiger partial charge < -0.3 is 25.0 Å². The molecule has 0 amide bonds. The summed E-state index contributed by atoms with van der Waals surface area (Å²) >= 11 is 0. The highest BCUT2D eigenvalue weighted by Crippen LogP contribution is 2.15. The Morgan fingerprint density at radius 1 is 1.19 bits per heavy atom. The molecule has 5 heteroatoms. The molecule has 2 unspecified atom stereocenters. The van der Waals surface area contributed by atoms with Gasteiger partial charge in [-0.15, -0.1) is 0 Å². The molecule has 5 nitrogen and oxygen atoms in total. The summed E-state index contributed by atoms with van der Waals surface area (Å²) in [5.41, 5.74) is 1.11. The van der Waals surface area contributed by atoms with Crippen LogP contribution < -0.4 is 5.32 Å². The van der Waals surface area contributed by atoms with Crippen LogP contribution >= 0.6 is 0 Å². The molecule has 0 saturated heterocycles. The van der Waals surface area contributed by atoms with Crippen LogP contribution in [0.3, 0.4) is 0 Å². The van der Waals surface area contributed by atoms with Gasteiger partial charge in [0.1, 0.15) is 0 Å². The minimum absolute atomic E-state index is 0.0206. The molecule has 0 aromatic heterocycles. The molecule has 1 aromatic carbocycles. The van der Waals surface area contributed by atoms with Crippen LogP contribution in [0, 0.1) is 0 Å². The highest BCUT2D eigenvalue weighted by atomic mass is 16.5. The maximum atomic E-state index is 9.83. The molecule has 0 radical (unpaired) electrons. The SMILES string of the molecule is CC(OCC(O)CNCCCOCCO)c1ccccc1. The van der Waals surface area contributed by atoms with Gasteiger partial charge in [0.25, 0.3) is 0 Å². The summed E-state index contributed by atoms with van der Waals surface area (Å²) in [7, 11) is 0. The Morgan fingerprint density at radius 2 is 1.95 bits per heavy atom. The van der Waals surface area contributed by atoms with E-state index in [-0.39, 0.29) is 12.7 Å². The molecule has 0 spiro atoms. The number of ether oxygens (including phenoxy) is 2. The van der Waals surface area contributed by atoms with Gasteiger partial charge >= 0.3 is 0 Å². The van der Waals surface area contributed by atoms with E-state index >= 15 is 0 Å². The molecule has 2 atom stereocenters. The molecule has 1 rings (SSSR count). The van der Waals surface area contributed by atoms with E-state index in [0.717, 1.165) is 18.5 Å². The van der Waals surface area contributed by atoms with Gasteiger partial charge in [0.05, 0.1) is 32.0 Å². The highest BCUT2D eigenvalue weighted by molar-refractivity contribution is 5.16. The number of benzene rings is 1. The Kier molecular flexibility index (Phi) is 10.0. The molecular formula is C16H27NO4. The van der Waals surface area contributed by atoms with E-state index < -0.39 is 6.10 Å². The Morgan fingerprint density at radius 3 is 2.67 bits per heavy atom. The van der Waals surface area contributed by atoms with Crippen molar-refractivity contribution in [3.63, 3.8) is 0 Å². The van der Waals surface area contributed by atoms with Gasteiger partial charge in [-0.1, -0.05) is 30.3 Å². The van der Waals surface area contributed by atoms with Crippen molar-refractivity contribution in [2.24, 2.45) is 0 Å². The minimum atomic E-state index is -0.519. The van der Waals surface area contributed by atoms with Crippen molar-refractivity contribution in [3.8, 4) is 0 Å². The molecule has 3 N–H and O–H groups in total. The van der Waals surface area contributed by atoms with Crippen LogP contribution in [0.15, 0.2) is 30.3 Å². The largest absolute Gasteiger partial charge is 0.394 e. The Balaban J connectivity index is 2.02. The zero-order valence-corrected chi connectivity index (χ0v) is 12.7. The van der Waals surface area contributed by atoms with Crippen molar-refractivity contribution in [1.29, 1.82) is 0 Å². The molecule has 0 heterocycles. The maximum absolute atomic E-state index is 9.83. The van der Waals surface area contributed by atoms with E-state index in [0.29, 0.717) is 26.4 Å². The first-order valence-corrected chi connectivity index (χ1v) is 7.48. The second-order valence-corrected chi connectivity index (χ2v) is 4.93. The number of nitrogens with one attached hydrogen (secondary N) is 1. The Hall–Kier alpha value is -0.980. The third-order valence-electron chi connectivity index (χ3n) is 3.07. The fraction of sp³-hybridized carbons (Fsp3) is 0.625. The van der Waals surface area contributed by atoms with E-state index in [2.05, 4.69) is 5.32 Å². The average Bonchev–Trinajstić information content (AvgIpc) is 2.52. The van der Waals surface area contributed by atoms with E-state index in [4.69, 9.17) is 14.6 Å². The number of rotatable bonds is 12. The van der Waals surface area contributed by atoms with Gasteiger partial charge in [-0.25, -0.2) is 0 Å². The molecule has 21 heavy (non-hydrogen) atoms. The number of hydrogen-bond donors (Lipinski definition) is 3. The molecule has 0 fully saturated rings. The third-order valence-corrected chi connectivity index (χ3v) is 3.07. The second-order valence-electron chi connectivity index (χ2n) is 4.93. The molecule has 1 aromatic rings. The topological polar surface area (TPSA) is 71.0 Å². The summed E-state index contributed by atoms with van der Waals surface area (Å²) in [6.45, 7) is 4.62. The normalized spacial score (nSPS) is 14.0. The number of aliphatic hydroxyl groups excluding tert-OH is 2. The fourth-order valence-corrected chi connectivity index (χ4v) is 1.87. The van der Waals surface area contributed by atoms with Crippen molar-refractivity contribution in [1.82, 2.24) is 5.32 Å². The first-order valence-electron chi connectivity index (χ1n) is 7.48. The molecule has 0 aliphatic rings. The van der Waals surface area contributed by atoms with Crippen LogP contribution in [0.1, 0.15) is 25.0 Å². The van der Waals surface area contributed by atoms with E-state index in [1.165, 1.54) is 0 Å². The Labute approximate surface area is 126 Å². The molecule has 0 bridgehead atoms. The molecule has 120 valence electrons. The summed E-state index contributed by atoms with van der Waals surface area (Å²) in [4.78, 5) is 0. The lowest BCUT2D eigenvalue weighted by molar-refractivity contribution is -0.00217. The summed E-state index contributed by atoms with van der Waals surface area (Å²) in [6.07, 6.45) is 0.316. The maximum Gasteiger partial charge on any atom is 0.0897 e. The summed E-state index contributed by atoms with van der Waals surface area (Å²) < 4.78 is 10.8. The predicted molar refractivity (Wildman–Crippen MR) is 82.2 cm³/mol. The van der Waals surface area contributed by atoms with E-state index in [9.17, 15) is 5.11 Å². The summed E-state index contributed by atoms with van der Waals surface area (Å²) in [6, 6.07) is 9.96. The first kappa shape index (κ1) is 18.1. The van der Waals surface area contributed by atoms with Crippen LogP contribution in [-0.4, -0.2) is 55.8 Å². The molecule has 0 aliphatic carbocycles. The minimum Gasteiger partial charge on any atom is -0.394 e. The quantitative estimate of drug-likeness (QED) is 0.504. The lowest BCUT2D eigenvalue weighted by Gasteiger charge is -2.17. The van der Waals surface area contributed by atoms with Crippen molar-refractivity contribution in [3.05, 3.63) is 35.9 Å². The lowest BCUT2D eigenvalue weighted by atomic mass is 10.1. The van der Waals surface area contributed by atoms with Gasteiger partial charge in [0.15, 0.2) is 0 Å². The third kappa shape index (κ3) is 8.80. The fourth-order valence-electron chi connectivity index (χ4n) is 1.87. The molecule has 0 saturated carbocycles. The average molecular weight is 297 g/mol. The highest BCUT2D eigenvalue weighted by Gasteiger charge is 2.09. The predicted octanol–water partition coefficient (Wildman–Crippen LogP) is 1.11. The first-order chi connectivity index (χ1) is 10.2. The number of hydrogen-bond acceptors (Lipinski definition) is 5. The van der Waals surface area contributed by atoms with Crippen LogP contribution in [-0.2, 0) is 9.47 Å². The zero-order valence-electron chi connectivity index (χ0n) is 12.7. The van der Waals surface area contributed by atoms with Gasteiger partial charge in [-0.3, -0.25) is 0 Å². The van der Waals surface area contributed by atoms with Gasteiger partial charge in [-0.2, -0.15) is 0 Å². The second kappa shape index (κ2) is 11.7.